The summed E-state index contributed by atoms with van der Waals surface area (Å²) in [6.45, 7) is 8.79. The maximum absolute atomic E-state index is 14.5. The van der Waals surface area contributed by atoms with Crippen LogP contribution in [0.25, 0.3) is 0 Å². The monoisotopic (exact) mass is 662 g/mol. The number of sulfonamides is 1. The van der Waals surface area contributed by atoms with Crippen LogP contribution >= 0.6 is 0 Å². The van der Waals surface area contributed by atoms with Crippen LogP contribution in [0, 0.1) is 31.5 Å². The van der Waals surface area contributed by atoms with E-state index in [9.17, 15) is 22.4 Å². The van der Waals surface area contributed by atoms with E-state index in [0.717, 1.165) is 49.0 Å². The molecule has 6 rings (SSSR count). The van der Waals surface area contributed by atoms with Gasteiger partial charge in [-0.05, 0) is 92.8 Å². The lowest BCUT2D eigenvalue weighted by atomic mass is 9.70. The summed E-state index contributed by atoms with van der Waals surface area (Å²) in [7, 11) is -0.737. The fourth-order valence-electron chi connectivity index (χ4n) is 7.69. The molecule has 0 N–H and O–H groups in total. The van der Waals surface area contributed by atoms with Crippen molar-refractivity contribution in [3.8, 4) is 0 Å². The number of aromatic nitrogens is 2. The Bertz CT molecular complexity index is 1740. The lowest BCUT2D eigenvalue weighted by Crippen LogP contribution is -2.46. The first-order valence-electron chi connectivity index (χ1n) is 16.3. The van der Waals surface area contributed by atoms with E-state index in [1.165, 1.54) is 38.6 Å². The number of likely N-dealkylation sites (tertiary alicyclic amines) is 3. The van der Waals surface area contributed by atoms with Crippen molar-refractivity contribution in [2.45, 2.75) is 43.4 Å². The highest BCUT2D eigenvalue weighted by Gasteiger charge is 2.44. The van der Waals surface area contributed by atoms with Crippen LogP contribution in [0.15, 0.2) is 59.8 Å². The van der Waals surface area contributed by atoms with E-state index in [2.05, 4.69) is 14.9 Å². The minimum Gasteiger partial charge on any atom is -0.339 e. The molecule has 0 aliphatic carbocycles. The Labute approximate surface area is 276 Å². The van der Waals surface area contributed by atoms with Gasteiger partial charge >= 0.3 is 0 Å². The van der Waals surface area contributed by atoms with Crippen LogP contribution in [-0.2, 0) is 15.4 Å². The first-order valence-corrected chi connectivity index (χ1v) is 17.7. The average Bonchev–Trinajstić information content (AvgIpc) is 3.63. The van der Waals surface area contributed by atoms with E-state index in [4.69, 9.17) is 0 Å². The van der Waals surface area contributed by atoms with Crippen molar-refractivity contribution in [1.82, 2.24) is 29.0 Å². The molecule has 12 heteroatoms. The van der Waals surface area contributed by atoms with Gasteiger partial charge in [0.05, 0.1) is 21.8 Å². The Hall–Kier alpha value is -3.74. The van der Waals surface area contributed by atoms with Crippen molar-refractivity contribution in [3.63, 3.8) is 0 Å². The maximum Gasteiger partial charge on any atom is 0.257 e. The van der Waals surface area contributed by atoms with Crippen molar-refractivity contribution in [2.24, 2.45) is 11.8 Å². The van der Waals surface area contributed by atoms with Gasteiger partial charge in [-0.3, -0.25) is 9.59 Å². The van der Waals surface area contributed by atoms with Gasteiger partial charge < -0.3 is 14.7 Å². The third-order valence-electron chi connectivity index (χ3n) is 10.5. The Morgan fingerprint density at radius 2 is 1.53 bits per heavy atom. The van der Waals surface area contributed by atoms with Gasteiger partial charge in [0.25, 0.3) is 11.8 Å². The van der Waals surface area contributed by atoms with Gasteiger partial charge in [0.2, 0.25) is 10.0 Å². The van der Waals surface area contributed by atoms with Crippen molar-refractivity contribution in [1.29, 1.82) is 0 Å². The highest BCUT2D eigenvalue weighted by molar-refractivity contribution is 7.89. The molecule has 2 aromatic carbocycles. The highest BCUT2D eigenvalue weighted by atomic mass is 32.2. The summed E-state index contributed by atoms with van der Waals surface area (Å²) in [5.41, 5.74) is 3.03. The zero-order valence-corrected chi connectivity index (χ0v) is 28.3. The minimum absolute atomic E-state index is 0.0129. The minimum atomic E-state index is -3.67. The number of carbonyl (C=O) groups excluding carboxylic acids is 2. The molecule has 3 aromatic rings. The third-order valence-corrected chi connectivity index (χ3v) is 12.3. The Balaban J connectivity index is 1.11. The largest absolute Gasteiger partial charge is 0.339 e. The van der Waals surface area contributed by atoms with Crippen molar-refractivity contribution in [3.05, 3.63) is 88.8 Å². The number of amides is 2. The molecule has 3 aliphatic heterocycles. The molecule has 3 aliphatic rings. The lowest BCUT2D eigenvalue weighted by molar-refractivity contribution is 0.0649. The van der Waals surface area contributed by atoms with E-state index in [1.54, 1.807) is 29.2 Å². The fourth-order valence-corrected chi connectivity index (χ4v) is 8.64. The van der Waals surface area contributed by atoms with Crippen LogP contribution in [-0.4, -0.2) is 109 Å². The number of benzene rings is 2. The fraction of sp³-hybridized carbons (Fsp3) is 0.486. The summed E-state index contributed by atoms with van der Waals surface area (Å²) in [6.07, 6.45) is 3.68. The van der Waals surface area contributed by atoms with Gasteiger partial charge in [0.1, 0.15) is 12.1 Å². The van der Waals surface area contributed by atoms with E-state index in [0.29, 0.717) is 60.3 Å². The summed E-state index contributed by atoms with van der Waals surface area (Å²) in [4.78, 5) is 41.7. The molecule has 47 heavy (non-hydrogen) atoms. The predicted molar refractivity (Wildman–Crippen MR) is 176 cm³/mol. The molecule has 3 fully saturated rings. The number of nitrogens with zero attached hydrogens (tertiary/aromatic N) is 6. The second-order valence-corrected chi connectivity index (χ2v) is 15.7. The smallest absolute Gasteiger partial charge is 0.257 e. The Morgan fingerprint density at radius 3 is 2.15 bits per heavy atom. The Morgan fingerprint density at radius 1 is 0.894 bits per heavy atom. The molecule has 0 radical (unpaired) electrons. The average molecular weight is 663 g/mol. The lowest BCUT2D eigenvalue weighted by Gasteiger charge is -2.43. The second-order valence-electron chi connectivity index (χ2n) is 13.6. The summed E-state index contributed by atoms with van der Waals surface area (Å²) in [5.74, 6) is 0.349. The number of carbonyl (C=O) groups is 2. The van der Waals surface area contributed by atoms with Crippen LogP contribution in [0.1, 0.15) is 56.9 Å². The number of hydrogen-bond donors (Lipinski definition) is 0. The molecule has 0 saturated carbocycles. The van der Waals surface area contributed by atoms with Crippen molar-refractivity contribution < 1.29 is 22.4 Å². The number of fused-ring (bicyclic) bond motifs is 1. The topological polar surface area (TPSA) is 107 Å². The summed E-state index contributed by atoms with van der Waals surface area (Å²) in [6, 6.07) is 13.0. The van der Waals surface area contributed by atoms with E-state index < -0.39 is 10.0 Å². The maximum atomic E-state index is 14.5. The van der Waals surface area contributed by atoms with Crippen LogP contribution < -0.4 is 0 Å². The molecule has 0 spiro atoms. The van der Waals surface area contributed by atoms with Gasteiger partial charge in [0, 0.05) is 58.9 Å². The number of hydrogen-bond acceptors (Lipinski definition) is 7. The zero-order chi connectivity index (χ0) is 33.5. The Kier molecular flexibility index (Phi) is 9.21. The summed E-state index contributed by atoms with van der Waals surface area (Å²) in [5, 5.41) is 0. The third kappa shape index (κ3) is 6.55. The van der Waals surface area contributed by atoms with Gasteiger partial charge in [-0.1, -0.05) is 18.2 Å². The summed E-state index contributed by atoms with van der Waals surface area (Å²) < 4.78 is 41.0. The van der Waals surface area contributed by atoms with E-state index >= 15 is 0 Å². The van der Waals surface area contributed by atoms with Crippen molar-refractivity contribution >= 4 is 21.8 Å². The molecule has 2 atom stereocenters. The van der Waals surface area contributed by atoms with Crippen LogP contribution in [0.5, 0.6) is 0 Å². The normalized spacial score (nSPS) is 21.3. The van der Waals surface area contributed by atoms with Crippen LogP contribution in [0.4, 0.5) is 4.39 Å². The summed E-state index contributed by atoms with van der Waals surface area (Å²) >= 11 is 0. The standard InChI is InChI=1S/C35H43FN6O4S/c1-24-32(25(2)38-23-37-24)34(44)42-21-27-19-40(20-28(27)22-42)14-11-35(29-8-6-9-30(36)18-29)12-15-41(16-13-35)33(43)26-7-5-10-31(17-26)47(45,46)39(3)4/h5-10,17-18,23,27-28H,11-16,19-22H2,1-4H3. The quantitative estimate of drug-likeness (QED) is 0.362. The van der Waals surface area contributed by atoms with Gasteiger partial charge in [-0.15, -0.1) is 0 Å². The molecule has 1 aromatic heterocycles. The molecule has 2 amide bonds. The van der Waals surface area contributed by atoms with Gasteiger partial charge in [-0.2, -0.15) is 0 Å². The van der Waals surface area contributed by atoms with Gasteiger partial charge in [0.15, 0.2) is 0 Å². The molecule has 10 nitrogen and oxygen atoms in total. The number of rotatable bonds is 8. The molecule has 0 bridgehead atoms. The SMILES string of the molecule is Cc1ncnc(C)c1C(=O)N1CC2CN(CCC3(c4cccc(F)c4)CCN(C(=O)c4cccc(S(=O)(=O)N(C)C)c4)CC3)CC2C1. The number of halogens is 1. The first-order chi connectivity index (χ1) is 22.4. The van der Waals surface area contributed by atoms with Crippen LogP contribution in [0.3, 0.4) is 0 Å². The van der Waals surface area contributed by atoms with E-state index in [1.807, 2.05) is 24.8 Å². The van der Waals surface area contributed by atoms with Gasteiger partial charge in [-0.25, -0.2) is 27.1 Å². The molecule has 4 heterocycles. The molecule has 3 saturated heterocycles. The van der Waals surface area contributed by atoms with Crippen LogP contribution in [0.2, 0.25) is 0 Å². The molecular formula is C35H43FN6O4S. The predicted octanol–water partition coefficient (Wildman–Crippen LogP) is 3.75. The number of aryl methyl sites for hydroxylation is 2. The number of piperidine rings is 1. The zero-order valence-electron chi connectivity index (χ0n) is 27.5. The molecule has 2 unspecified atom stereocenters. The van der Waals surface area contributed by atoms with E-state index in [-0.39, 0.29) is 27.9 Å². The van der Waals surface area contributed by atoms with Crippen molar-refractivity contribution in [2.75, 3.05) is 59.9 Å². The first kappa shape index (κ1) is 33.2. The molecular weight excluding hydrogens is 619 g/mol. The second kappa shape index (κ2) is 13.0. The molecule has 250 valence electrons. The highest BCUT2D eigenvalue weighted by Crippen LogP contribution is 2.41.